The van der Waals surface area contributed by atoms with Crippen molar-refractivity contribution in [1.29, 1.82) is 0 Å². The Hall–Kier alpha value is -0.640. The number of ether oxygens (including phenoxy) is 1. The first-order valence-electron chi connectivity index (χ1n) is 6.61. The van der Waals surface area contributed by atoms with Crippen LogP contribution >= 0.6 is 0 Å². The van der Waals surface area contributed by atoms with Crippen molar-refractivity contribution in [1.82, 2.24) is 5.32 Å². The van der Waals surface area contributed by atoms with Crippen molar-refractivity contribution in [3.63, 3.8) is 0 Å². The zero-order chi connectivity index (χ0) is 13.7. The number of rotatable bonds is 3. The zero-order valence-corrected chi connectivity index (χ0v) is 11.9. The van der Waals surface area contributed by atoms with Crippen LogP contribution in [0.5, 0.6) is 0 Å². The van der Waals surface area contributed by atoms with Gasteiger partial charge in [0.05, 0.1) is 6.67 Å². The summed E-state index contributed by atoms with van der Waals surface area (Å²) in [6.07, 6.45) is 1.84. The molecule has 0 bridgehead atoms. The second-order valence-electron chi connectivity index (χ2n) is 3.51. The standard InChI is InChI=1S/C9H16FNO2.2C2H6/c1-8(12)11-9(2-5-10)3-6-13-7-4-9;2*1-2/h2-7H2,1H3,(H,11,12);2*1-2H3. The van der Waals surface area contributed by atoms with E-state index in [2.05, 4.69) is 5.32 Å². The lowest BCUT2D eigenvalue weighted by atomic mass is 9.87. The molecule has 1 fully saturated rings. The third-order valence-corrected chi connectivity index (χ3v) is 2.46. The third kappa shape index (κ3) is 8.13. The van der Waals surface area contributed by atoms with Crippen molar-refractivity contribution in [3.05, 3.63) is 0 Å². The molecule has 4 heteroatoms. The summed E-state index contributed by atoms with van der Waals surface area (Å²) in [6, 6.07) is 0. The van der Waals surface area contributed by atoms with Crippen LogP contribution in [-0.4, -0.2) is 31.3 Å². The highest BCUT2D eigenvalue weighted by Crippen LogP contribution is 2.24. The molecule has 0 aromatic carbocycles. The van der Waals surface area contributed by atoms with Gasteiger partial charge in [0.25, 0.3) is 0 Å². The van der Waals surface area contributed by atoms with Gasteiger partial charge in [-0.15, -0.1) is 0 Å². The van der Waals surface area contributed by atoms with Gasteiger partial charge in [0.1, 0.15) is 0 Å². The number of hydrogen-bond acceptors (Lipinski definition) is 2. The summed E-state index contributed by atoms with van der Waals surface area (Å²) in [4.78, 5) is 10.9. The fourth-order valence-electron chi connectivity index (χ4n) is 1.75. The van der Waals surface area contributed by atoms with E-state index in [0.29, 0.717) is 19.6 Å². The summed E-state index contributed by atoms with van der Waals surface area (Å²) in [5, 5.41) is 2.84. The highest BCUT2D eigenvalue weighted by atomic mass is 19.1. The normalized spacial score (nSPS) is 16.8. The van der Waals surface area contributed by atoms with E-state index >= 15 is 0 Å². The molecule has 0 aromatic rings. The molecule has 104 valence electrons. The Morgan fingerprint density at radius 2 is 1.71 bits per heavy atom. The number of alkyl halides is 1. The predicted molar refractivity (Wildman–Crippen MR) is 69.9 cm³/mol. The van der Waals surface area contributed by atoms with Crippen molar-refractivity contribution >= 4 is 5.91 Å². The van der Waals surface area contributed by atoms with Crippen LogP contribution in [0.1, 0.15) is 53.9 Å². The monoisotopic (exact) mass is 249 g/mol. The van der Waals surface area contributed by atoms with E-state index in [-0.39, 0.29) is 18.1 Å². The van der Waals surface area contributed by atoms with Crippen LogP contribution < -0.4 is 5.32 Å². The molecule has 0 saturated carbocycles. The maximum absolute atomic E-state index is 12.3. The van der Waals surface area contributed by atoms with Crippen molar-refractivity contribution in [2.45, 2.75) is 59.4 Å². The minimum Gasteiger partial charge on any atom is -0.381 e. The van der Waals surface area contributed by atoms with Gasteiger partial charge in [-0.1, -0.05) is 27.7 Å². The molecule has 1 aliphatic heterocycles. The lowest BCUT2D eigenvalue weighted by Crippen LogP contribution is -2.51. The molecule has 17 heavy (non-hydrogen) atoms. The minimum atomic E-state index is -0.389. The van der Waals surface area contributed by atoms with E-state index in [4.69, 9.17) is 4.74 Å². The molecule has 0 atom stereocenters. The number of halogens is 1. The van der Waals surface area contributed by atoms with Crippen molar-refractivity contribution < 1.29 is 13.9 Å². The Balaban J connectivity index is 0. The van der Waals surface area contributed by atoms with Gasteiger partial charge in [0, 0.05) is 25.7 Å². The molecule has 0 spiro atoms. The Morgan fingerprint density at radius 1 is 1.24 bits per heavy atom. The second kappa shape index (κ2) is 11.8. The maximum atomic E-state index is 12.3. The molecule has 1 amide bonds. The largest absolute Gasteiger partial charge is 0.381 e. The fraction of sp³-hybridized carbons (Fsp3) is 0.923. The van der Waals surface area contributed by atoms with Crippen molar-refractivity contribution in [2.24, 2.45) is 0 Å². The average molecular weight is 249 g/mol. The SMILES string of the molecule is CC.CC.CC(=O)NC1(CCF)CCOCC1. The molecule has 0 unspecified atom stereocenters. The quantitative estimate of drug-likeness (QED) is 0.834. The topological polar surface area (TPSA) is 38.3 Å². The summed E-state index contributed by atoms with van der Waals surface area (Å²) in [7, 11) is 0. The molecule has 1 saturated heterocycles. The van der Waals surface area contributed by atoms with Crippen LogP contribution in [-0.2, 0) is 9.53 Å². The molecule has 1 rings (SSSR count). The first-order valence-corrected chi connectivity index (χ1v) is 6.61. The summed E-state index contributed by atoms with van der Waals surface area (Å²) < 4.78 is 17.5. The van der Waals surface area contributed by atoms with E-state index in [1.807, 2.05) is 27.7 Å². The highest BCUT2D eigenvalue weighted by Gasteiger charge is 2.32. The summed E-state index contributed by atoms with van der Waals surface area (Å²) in [6.45, 7) is 10.3. The van der Waals surface area contributed by atoms with E-state index < -0.39 is 0 Å². The van der Waals surface area contributed by atoms with Crippen LogP contribution in [0.15, 0.2) is 0 Å². The van der Waals surface area contributed by atoms with Gasteiger partial charge in [0.2, 0.25) is 5.91 Å². The first-order chi connectivity index (χ1) is 8.18. The molecule has 0 aliphatic carbocycles. The number of hydrogen-bond donors (Lipinski definition) is 1. The second-order valence-corrected chi connectivity index (χ2v) is 3.51. The van der Waals surface area contributed by atoms with Gasteiger partial charge in [-0.25, -0.2) is 0 Å². The highest BCUT2D eigenvalue weighted by molar-refractivity contribution is 5.73. The smallest absolute Gasteiger partial charge is 0.217 e. The van der Waals surface area contributed by atoms with Crippen molar-refractivity contribution in [3.8, 4) is 0 Å². The number of nitrogens with one attached hydrogen (secondary N) is 1. The Morgan fingerprint density at radius 3 is 2.06 bits per heavy atom. The molecule has 3 nitrogen and oxygen atoms in total. The molecular formula is C13H28FNO2. The number of carbonyl (C=O) groups is 1. The molecule has 1 N–H and O–H groups in total. The Labute approximate surface area is 105 Å². The number of amides is 1. The Kier molecular flexibility index (Phi) is 13.0. The summed E-state index contributed by atoms with van der Waals surface area (Å²) >= 11 is 0. The average Bonchev–Trinajstić information content (AvgIpc) is 2.34. The lowest BCUT2D eigenvalue weighted by molar-refractivity contribution is -0.122. The summed E-state index contributed by atoms with van der Waals surface area (Å²) in [5.41, 5.74) is -0.348. The third-order valence-electron chi connectivity index (χ3n) is 2.46. The molecule has 0 radical (unpaired) electrons. The van der Waals surface area contributed by atoms with E-state index in [0.717, 1.165) is 12.8 Å². The molecular weight excluding hydrogens is 221 g/mol. The van der Waals surface area contributed by atoms with Gasteiger partial charge in [-0.05, 0) is 19.3 Å². The van der Waals surface area contributed by atoms with Gasteiger partial charge in [-0.3, -0.25) is 9.18 Å². The van der Waals surface area contributed by atoms with Gasteiger partial charge >= 0.3 is 0 Å². The summed E-state index contributed by atoms with van der Waals surface area (Å²) in [5.74, 6) is -0.0876. The van der Waals surface area contributed by atoms with E-state index in [9.17, 15) is 9.18 Å². The van der Waals surface area contributed by atoms with E-state index in [1.54, 1.807) is 0 Å². The van der Waals surface area contributed by atoms with Crippen LogP contribution in [0.25, 0.3) is 0 Å². The molecule has 1 heterocycles. The lowest BCUT2D eigenvalue weighted by Gasteiger charge is -2.37. The van der Waals surface area contributed by atoms with Crippen LogP contribution in [0.3, 0.4) is 0 Å². The maximum Gasteiger partial charge on any atom is 0.217 e. The van der Waals surface area contributed by atoms with E-state index in [1.165, 1.54) is 6.92 Å². The zero-order valence-electron chi connectivity index (χ0n) is 11.9. The van der Waals surface area contributed by atoms with Crippen LogP contribution in [0.2, 0.25) is 0 Å². The van der Waals surface area contributed by atoms with Gasteiger partial charge < -0.3 is 10.1 Å². The minimum absolute atomic E-state index is 0.0876. The van der Waals surface area contributed by atoms with Crippen LogP contribution in [0.4, 0.5) is 4.39 Å². The molecule has 0 aromatic heterocycles. The van der Waals surface area contributed by atoms with Gasteiger partial charge in [-0.2, -0.15) is 0 Å². The predicted octanol–water partition coefficient (Wildman–Crippen LogP) is 3.08. The molecule has 1 aliphatic rings. The fourth-order valence-corrected chi connectivity index (χ4v) is 1.75. The Bertz CT molecular complexity index is 175. The van der Waals surface area contributed by atoms with Gasteiger partial charge in [0.15, 0.2) is 0 Å². The van der Waals surface area contributed by atoms with Crippen molar-refractivity contribution in [2.75, 3.05) is 19.9 Å². The van der Waals surface area contributed by atoms with Crippen LogP contribution in [0, 0.1) is 0 Å². The number of carbonyl (C=O) groups excluding carboxylic acids is 1. The first kappa shape index (κ1) is 18.7.